The highest BCUT2D eigenvalue weighted by Gasteiger charge is 2.70. The molecule has 1 N–H and O–H groups in total. The molecule has 0 aromatic carbocycles. The highest BCUT2D eigenvalue weighted by molar-refractivity contribution is 5.95. The second-order valence-corrected chi connectivity index (χ2v) is 15.6. The molecule has 202 valence electrons. The van der Waals surface area contributed by atoms with Gasteiger partial charge in [-0.2, -0.15) is 0 Å². The monoisotopic (exact) mass is 498 g/mol. The summed E-state index contributed by atoms with van der Waals surface area (Å²) in [5.74, 6) is 0.944. The van der Waals surface area contributed by atoms with E-state index in [9.17, 15) is 14.7 Å². The van der Waals surface area contributed by atoms with Crippen LogP contribution in [-0.4, -0.2) is 30.1 Å². The maximum atomic E-state index is 14.3. The maximum absolute atomic E-state index is 14.3. The van der Waals surface area contributed by atoms with Crippen molar-refractivity contribution in [3.63, 3.8) is 0 Å². The van der Waals surface area contributed by atoms with Crippen LogP contribution in [0.3, 0.4) is 0 Å². The van der Waals surface area contributed by atoms with E-state index in [0.29, 0.717) is 24.0 Å². The third-order valence-electron chi connectivity index (χ3n) is 13.4. The quantitative estimate of drug-likeness (QED) is 0.421. The first-order valence-electron chi connectivity index (χ1n) is 14.6. The van der Waals surface area contributed by atoms with E-state index in [-0.39, 0.29) is 50.5 Å². The van der Waals surface area contributed by atoms with E-state index >= 15 is 0 Å². The number of rotatable bonds is 2. The van der Waals surface area contributed by atoms with Crippen LogP contribution in [0.4, 0.5) is 0 Å². The molecule has 0 aromatic heterocycles. The minimum Gasteiger partial charge on any atom is -0.469 e. The summed E-state index contributed by atoms with van der Waals surface area (Å²) in [6.45, 7) is 16.5. The predicted molar refractivity (Wildman–Crippen MR) is 142 cm³/mol. The average Bonchev–Trinajstić information content (AvgIpc) is 2.79. The van der Waals surface area contributed by atoms with Gasteiger partial charge in [-0.05, 0) is 108 Å². The van der Waals surface area contributed by atoms with E-state index in [2.05, 4.69) is 54.5 Å². The predicted octanol–water partition coefficient (Wildman–Crippen LogP) is 6.89. The molecule has 9 atom stereocenters. The highest BCUT2D eigenvalue weighted by atomic mass is 16.5. The van der Waals surface area contributed by atoms with Gasteiger partial charge in [-0.1, -0.05) is 54.0 Å². The number of aliphatic hydroxyl groups excluding tert-OH is 1. The fourth-order valence-corrected chi connectivity index (χ4v) is 10.8. The van der Waals surface area contributed by atoms with Gasteiger partial charge in [-0.3, -0.25) is 9.59 Å². The molecule has 4 fully saturated rings. The van der Waals surface area contributed by atoms with Gasteiger partial charge in [0.15, 0.2) is 5.78 Å². The third kappa shape index (κ3) is 3.34. The number of fused-ring (bicyclic) bond motifs is 7. The van der Waals surface area contributed by atoms with Crippen LogP contribution in [0.15, 0.2) is 11.6 Å². The normalized spacial score (nSPS) is 51.7. The Hall–Kier alpha value is -1.16. The molecule has 0 saturated heterocycles. The van der Waals surface area contributed by atoms with E-state index in [1.807, 2.05) is 0 Å². The molecular weight excluding hydrogens is 448 g/mol. The van der Waals surface area contributed by atoms with E-state index in [4.69, 9.17) is 4.74 Å². The highest BCUT2D eigenvalue weighted by Crippen LogP contribution is 2.75. The SMILES string of the molecule is COC(=O)C[C@@]1(C)CC[C@]2(C)CC[C@]3(C)C(=CC(=O)[C@@H]4[C@@]5(C)CC[C@H](O)C(C)(C)[C@@H]5CC[C@]43C)C2C1. The van der Waals surface area contributed by atoms with Gasteiger partial charge < -0.3 is 9.84 Å². The molecule has 4 heteroatoms. The van der Waals surface area contributed by atoms with Crippen molar-refractivity contribution >= 4 is 11.8 Å². The Morgan fingerprint density at radius 1 is 0.972 bits per heavy atom. The Morgan fingerprint density at radius 2 is 1.64 bits per heavy atom. The third-order valence-corrected chi connectivity index (χ3v) is 13.4. The minimum absolute atomic E-state index is 0.00649. The van der Waals surface area contributed by atoms with Crippen LogP contribution in [0, 0.1) is 50.2 Å². The Labute approximate surface area is 219 Å². The lowest BCUT2D eigenvalue weighted by molar-refractivity contribution is -0.202. The molecule has 4 saturated carbocycles. The fourth-order valence-electron chi connectivity index (χ4n) is 10.8. The summed E-state index contributed by atoms with van der Waals surface area (Å²) < 4.78 is 5.07. The number of hydrogen-bond acceptors (Lipinski definition) is 4. The van der Waals surface area contributed by atoms with Gasteiger partial charge in [-0.25, -0.2) is 0 Å². The number of ketones is 1. The van der Waals surface area contributed by atoms with Crippen molar-refractivity contribution in [3.05, 3.63) is 11.6 Å². The lowest BCUT2D eigenvalue weighted by Gasteiger charge is -2.70. The molecule has 4 nitrogen and oxygen atoms in total. The van der Waals surface area contributed by atoms with Gasteiger partial charge in [0.25, 0.3) is 0 Å². The summed E-state index contributed by atoms with van der Waals surface area (Å²) in [5, 5.41) is 10.9. The zero-order valence-corrected chi connectivity index (χ0v) is 24.1. The summed E-state index contributed by atoms with van der Waals surface area (Å²) in [6, 6.07) is 0. The minimum atomic E-state index is -0.287. The van der Waals surface area contributed by atoms with Gasteiger partial charge in [-0.15, -0.1) is 0 Å². The van der Waals surface area contributed by atoms with Crippen molar-refractivity contribution in [3.8, 4) is 0 Å². The van der Waals surface area contributed by atoms with Gasteiger partial charge >= 0.3 is 5.97 Å². The molecule has 5 aliphatic carbocycles. The standard InChI is InChI=1S/C32H50O4/c1-27(2)23-9-12-32(7)26(30(23,5)11-10-24(27)34)22(33)17-20-21-18-28(3,19-25(35)36-8)13-14-29(21,4)15-16-31(20,32)6/h17,21,23-24,26,34H,9-16,18-19H2,1-8H3/t21?,23-,24-,26+,28-,29+,30-,31+,32+/m0/s1. The molecule has 0 amide bonds. The second-order valence-electron chi connectivity index (χ2n) is 15.6. The maximum Gasteiger partial charge on any atom is 0.306 e. The lowest BCUT2D eigenvalue weighted by atomic mass is 9.33. The summed E-state index contributed by atoms with van der Waals surface area (Å²) in [4.78, 5) is 26.6. The van der Waals surface area contributed by atoms with E-state index in [1.165, 1.54) is 19.1 Å². The zero-order valence-electron chi connectivity index (χ0n) is 24.1. The second kappa shape index (κ2) is 7.93. The van der Waals surface area contributed by atoms with Crippen molar-refractivity contribution in [2.45, 2.75) is 119 Å². The van der Waals surface area contributed by atoms with Crippen LogP contribution in [0.1, 0.15) is 113 Å². The van der Waals surface area contributed by atoms with E-state index in [0.717, 1.165) is 51.4 Å². The van der Waals surface area contributed by atoms with Crippen LogP contribution < -0.4 is 0 Å². The van der Waals surface area contributed by atoms with Crippen molar-refractivity contribution < 1.29 is 19.4 Å². The molecule has 0 bridgehead atoms. The molecule has 0 heterocycles. The first-order chi connectivity index (χ1) is 16.6. The van der Waals surface area contributed by atoms with Crippen LogP contribution in [0.5, 0.6) is 0 Å². The van der Waals surface area contributed by atoms with Gasteiger partial charge in [0, 0.05) is 5.92 Å². The fraction of sp³-hybridized carbons (Fsp3) is 0.875. The summed E-state index contributed by atoms with van der Waals surface area (Å²) in [5.41, 5.74) is 1.19. The van der Waals surface area contributed by atoms with Crippen molar-refractivity contribution in [1.82, 2.24) is 0 Å². The number of hydrogen-bond donors (Lipinski definition) is 1. The van der Waals surface area contributed by atoms with Crippen LogP contribution in [-0.2, 0) is 14.3 Å². The Bertz CT molecular complexity index is 996. The van der Waals surface area contributed by atoms with Crippen molar-refractivity contribution in [2.24, 2.45) is 50.2 Å². The topological polar surface area (TPSA) is 63.6 Å². The van der Waals surface area contributed by atoms with E-state index in [1.54, 1.807) is 0 Å². The molecule has 0 radical (unpaired) electrons. The van der Waals surface area contributed by atoms with Crippen molar-refractivity contribution in [2.75, 3.05) is 7.11 Å². The summed E-state index contributed by atoms with van der Waals surface area (Å²) in [7, 11) is 1.49. The molecule has 0 spiro atoms. The molecule has 0 aromatic rings. The van der Waals surface area contributed by atoms with Gasteiger partial charge in [0.05, 0.1) is 19.6 Å². The molecule has 5 rings (SSSR count). The number of ether oxygens (including phenoxy) is 1. The Morgan fingerprint density at radius 3 is 2.31 bits per heavy atom. The lowest BCUT2D eigenvalue weighted by Crippen LogP contribution is -2.66. The Kier molecular flexibility index (Phi) is 5.83. The summed E-state index contributed by atoms with van der Waals surface area (Å²) >= 11 is 0. The Balaban J connectivity index is 1.58. The molecule has 0 aliphatic heterocycles. The van der Waals surface area contributed by atoms with Crippen molar-refractivity contribution in [1.29, 1.82) is 0 Å². The molecular formula is C32H50O4. The number of esters is 1. The zero-order chi connectivity index (χ0) is 26.5. The molecule has 5 aliphatic rings. The number of allylic oxidation sites excluding steroid dienone is 2. The first kappa shape index (κ1) is 26.4. The van der Waals surface area contributed by atoms with Gasteiger partial charge in [0.2, 0.25) is 0 Å². The number of aliphatic hydroxyl groups is 1. The first-order valence-corrected chi connectivity index (χ1v) is 14.6. The smallest absolute Gasteiger partial charge is 0.306 e. The van der Waals surface area contributed by atoms with Crippen LogP contribution >= 0.6 is 0 Å². The van der Waals surface area contributed by atoms with Gasteiger partial charge in [0.1, 0.15) is 0 Å². The summed E-state index contributed by atoms with van der Waals surface area (Å²) in [6.07, 6.45) is 11.6. The average molecular weight is 499 g/mol. The van der Waals surface area contributed by atoms with E-state index < -0.39 is 0 Å². The molecule has 1 unspecified atom stereocenters. The number of methoxy groups -OCH3 is 1. The number of carbonyl (C=O) groups is 2. The van der Waals surface area contributed by atoms with Crippen LogP contribution in [0.25, 0.3) is 0 Å². The van der Waals surface area contributed by atoms with Crippen LogP contribution in [0.2, 0.25) is 0 Å². The number of carbonyl (C=O) groups excluding carboxylic acids is 2. The largest absolute Gasteiger partial charge is 0.469 e. The molecule has 36 heavy (non-hydrogen) atoms.